The molecule has 0 heterocycles. The second-order valence-corrected chi connectivity index (χ2v) is 15.6. The van der Waals surface area contributed by atoms with Gasteiger partial charge in [-0.15, -0.1) is 0 Å². The highest BCUT2D eigenvalue weighted by molar-refractivity contribution is 5.93. The number of aromatic hydroxyl groups is 13. The standard InChI is InChI=1S/5C7H6O4.3C7H6O3/c8-5-1-4(7(10)11)2-6(9)3-5;8-4-1-2-6(9)5(3-4)7(10)11;8-4-1-2-5(7(10)11)6(9)3-4;8-5-2-1-4(7(10)11)3-6(5)9;8-5-3-1-2-4(6(5)9)7(10)11;8-6-3-1-5(2-4-6)7(9)10;8-6-3-1-2-5(4-6)7(9)10;8-6-4-2-1-3-5(6)7(9)10/h5*1-3,8-9H,(H,10,11);3*1-4,8H,(H,9,10). The topological polar surface area (TPSA) is 561 Å². The molecule has 0 radical (unpaired) electrons. The SMILES string of the molecule is O=C(O)c1cc(O)cc(O)c1.O=C(O)c1cc(O)ccc1O.O=C(O)c1ccc(O)c(O)c1.O=C(O)c1ccc(O)cc1.O=C(O)c1ccc(O)cc1O.O=C(O)c1cccc(O)c1.O=C(O)c1cccc(O)c1O.O=C(O)c1ccccc1O. The number of phenolic OH excluding ortho intramolecular Hbond substituents is 9. The van der Waals surface area contributed by atoms with Crippen LogP contribution in [0.25, 0.3) is 0 Å². The number of carboxylic acids is 8. The maximum Gasteiger partial charge on any atom is 0.339 e. The van der Waals surface area contributed by atoms with E-state index in [0.29, 0.717) is 0 Å². The Labute approximate surface area is 475 Å². The van der Waals surface area contributed by atoms with E-state index in [-0.39, 0.29) is 96.3 Å². The number of phenols is 13. The van der Waals surface area contributed by atoms with Crippen LogP contribution in [0.3, 0.4) is 0 Å². The number of aromatic carboxylic acids is 8. The largest absolute Gasteiger partial charge is 0.508 e. The molecular weight excluding hydrogens is 1140 g/mol. The van der Waals surface area contributed by atoms with Crippen molar-refractivity contribution in [2.24, 2.45) is 0 Å². The molecule has 0 unspecified atom stereocenters. The lowest BCUT2D eigenvalue weighted by molar-refractivity contribution is 0.0682. The molecule has 0 amide bonds. The van der Waals surface area contributed by atoms with Gasteiger partial charge in [0.15, 0.2) is 23.0 Å². The molecule has 0 saturated heterocycles. The molecule has 0 saturated carbocycles. The van der Waals surface area contributed by atoms with Crippen molar-refractivity contribution >= 4 is 47.8 Å². The van der Waals surface area contributed by atoms with E-state index in [1.807, 2.05) is 0 Å². The summed E-state index contributed by atoms with van der Waals surface area (Å²) in [5.74, 6) is -12.8. The summed E-state index contributed by atoms with van der Waals surface area (Å²) in [6.45, 7) is 0. The van der Waals surface area contributed by atoms with E-state index in [9.17, 15) is 38.4 Å². The average Bonchev–Trinajstić information content (AvgIpc) is 3.47. The van der Waals surface area contributed by atoms with Gasteiger partial charge in [0.2, 0.25) is 0 Å². The van der Waals surface area contributed by atoms with Crippen molar-refractivity contribution in [2.45, 2.75) is 0 Å². The molecule has 29 heteroatoms. The van der Waals surface area contributed by atoms with E-state index in [4.69, 9.17) is 107 Å². The third-order valence-corrected chi connectivity index (χ3v) is 9.38. The van der Waals surface area contributed by atoms with Crippen LogP contribution in [0.2, 0.25) is 0 Å². The van der Waals surface area contributed by atoms with E-state index >= 15 is 0 Å². The van der Waals surface area contributed by atoms with Gasteiger partial charge in [-0.2, -0.15) is 0 Å². The lowest BCUT2D eigenvalue weighted by Gasteiger charge is -1.99. The molecule has 446 valence electrons. The maximum absolute atomic E-state index is 10.3. The van der Waals surface area contributed by atoms with E-state index < -0.39 is 70.8 Å². The lowest BCUT2D eigenvalue weighted by atomic mass is 10.2. The Morgan fingerprint density at radius 3 is 1.00 bits per heavy atom. The summed E-state index contributed by atoms with van der Waals surface area (Å²) in [6, 6.07) is 33.6. The number of benzene rings is 8. The Balaban J connectivity index is 0.000000486. The second-order valence-electron chi connectivity index (χ2n) is 15.6. The van der Waals surface area contributed by atoms with Crippen LogP contribution in [-0.4, -0.2) is 155 Å². The van der Waals surface area contributed by atoms with Crippen LogP contribution < -0.4 is 0 Å². The molecule has 0 aliphatic heterocycles. The first-order valence-electron chi connectivity index (χ1n) is 22.5. The molecule has 0 spiro atoms. The average molecular weight is 1180 g/mol. The van der Waals surface area contributed by atoms with Crippen LogP contribution in [0.1, 0.15) is 82.9 Å². The summed E-state index contributed by atoms with van der Waals surface area (Å²) in [4.78, 5) is 82.2. The summed E-state index contributed by atoms with van der Waals surface area (Å²) < 4.78 is 0. The normalized spacial score (nSPS) is 9.36. The fraction of sp³-hybridized carbons (Fsp3) is 0. The zero-order valence-corrected chi connectivity index (χ0v) is 42.7. The third kappa shape index (κ3) is 25.5. The number of rotatable bonds is 8. The van der Waals surface area contributed by atoms with E-state index in [1.165, 1.54) is 97.1 Å². The Bertz CT molecular complexity index is 3600. The summed E-state index contributed by atoms with van der Waals surface area (Å²) >= 11 is 0. The van der Waals surface area contributed by atoms with Gasteiger partial charge in [-0.05, 0) is 127 Å². The second kappa shape index (κ2) is 34.0. The number of carbonyl (C=O) groups is 8. The monoisotopic (exact) mass is 1180 g/mol. The number of hydrogen-bond donors (Lipinski definition) is 21. The van der Waals surface area contributed by atoms with Crippen molar-refractivity contribution in [1.29, 1.82) is 0 Å². The smallest absolute Gasteiger partial charge is 0.339 e. The predicted molar refractivity (Wildman–Crippen MR) is 289 cm³/mol. The maximum atomic E-state index is 10.3. The van der Waals surface area contributed by atoms with Crippen LogP contribution in [0.15, 0.2) is 164 Å². The van der Waals surface area contributed by atoms with Gasteiger partial charge in [0, 0.05) is 12.1 Å². The van der Waals surface area contributed by atoms with Crippen LogP contribution >= 0.6 is 0 Å². The van der Waals surface area contributed by atoms with Gasteiger partial charge in [-0.1, -0.05) is 24.3 Å². The zero-order valence-electron chi connectivity index (χ0n) is 42.7. The van der Waals surface area contributed by atoms with Gasteiger partial charge in [0.1, 0.15) is 74.0 Å². The van der Waals surface area contributed by atoms with Gasteiger partial charge in [0.25, 0.3) is 0 Å². The van der Waals surface area contributed by atoms with Gasteiger partial charge < -0.3 is 107 Å². The molecule has 8 aromatic rings. The minimum Gasteiger partial charge on any atom is -0.508 e. The minimum absolute atomic E-state index is 0.0279. The van der Waals surface area contributed by atoms with Crippen molar-refractivity contribution in [3.63, 3.8) is 0 Å². The summed E-state index contributed by atoms with van der Waals surface area (Å²) in [5.41, 5.74) is -0.805. The molecule has 0 aliphatic rings. The quantitative estimate of drug-likeness (QED) is 0.0526. The van der Waals surface area contributed by atoms with Crippen molar-refractivity contribution in [1.82, 2.24) is 0 Å². The molecular formula is C56H48O29. The van der Waals surface area contributed by atoms with E-state index in [0.717, 1.165) is 54.6 Å². The molecule has 0 aliphatic carbocycles. The molecule has 0 aromatic heterocycles. The number of hydrogen-bond acceptors (Lipinski definition) is 21. The minimum atomic E-state index is -1.27. The molecule has 0 fully saturated rings. The summed E-state index contributed by atoms with van der Waals surface area (Å²) in [6.07, 6.45) is 0. The first-order valence-corrected chi connectivity index (χ1v) is 22.5. The fourth-order valence-corrected chi connectivity index (χ4v) is 5.37. The predicted octanol–water partition coefficient (Wildman–Crippen LogP) is 7.25. The Kier molecular flexibility index (Phi) is 28.0. The Morgan fingerprint density at radius 1 is 0.200 bits per heavy atom. The highest BCUT2D eigenvalue weighted by Crippen LogP contribution is 2.28. The fourth-order valence-electron chi connectivity index (χ4n) is 5.37. The van der Waals surface area contributed by atoms with Gasteiger partial charge in [-0.25, -0.2) is 38.4 Å². The van der Waals surface area contributed by atoms with Crippen molar-refractivity contribution < 1.29 is 146 Å². The van der Waals surface area contributed by atoms with Crippen LogP contribution in [-0.2, 0) is 0 Å². The van der Waals surface area contributed by atoms with Crippen LogP contribution in [0.5, 0.6) is 74.7 Å². The Hall–Kier alpha value is -13.1. The summed E-state index contributed by atoms with van der Waals surface area (Å²) in [7, 11) is 0. The molecule has 8 aromatic carbocycles. The van der Waals surface area contributed by atoms with Crippen molar-refractivity contribution in [3.8, 4) is 74.7 Å². The number of carboxylic acid groups (broad SMARTS) is 8. The molecule has 21 N–H and O–H groups in total. The lowest BCUT2D eigenvalue weighted by Crippen LogP contribution is -1.95. The van der Waals surface area contributed by atoms with Gasteiger partial charge >= 0.3 is 47.8 Å². The molecule has 8 rings (SSSR count). The highest BCUT2D eigenvalue weighted by atomic mass is 16.4. The molecule has 0 bridgehead atoms. The van der Waals surface area contributed by atoms with Crippen LogP contribution in [0.4, 0.5) is 0 Å². The molecule has 29 nitrogen and oxygen atoms in total. The molecule has 85 heavy (non-hydrogen) atoms. The van der Waals surface area contributed by atoms with Gasteiger partial charge in [-0.3, -0.25) is 0 Å². The van der Waals surface area contributed by atoms with E-state index in [2.05, 4.69) is 0 Å². The van der Waals surface area contributed by atoms with Crippen molar-refractivity contribution in [3.05, 3.63) is 208 Å². The van der Waals surface area contributed by atoms with Gasteiger partial charge in [0.05, 0.1) is 22.3 Å². The first kappa shape index (κ1) is 69.9. The van der Waals surface area contributed by atoms with Crippen molar-refractivity contribution in [2.75, 3.05) is 0 Å². The Morgan fingerprint density at radius 2 is 0.576 bits per heavy atom. The zero-order chi connectivity index (χ0) is 64.8. The third-order valence-electron chi connectivity index (χ3n) is 9.38. The first-order chi connectivity index (χ1) is 39.7. The van der Waals surface area contributed by atoms with Crippen LogP contribution in [0, 0.1) is 0 Å². The van der Waals surface area contributed by atoms with E-state index in [1.54, 1.807) is 12.1 Å². The highest BCUT2D eigenvalue weighted by Gasteiger charge is 2.13. The summed E-state index contributed by atoms with van der Waals surface area (Å²) in [5, 5.41) is 182. The molecule has 0 atom stereocenters. The number of para-hydroxylation sites is 2.